The molecule has 0 aliphatic carbocycles. The van der Waals surface area contributed by atoms with Gasteiger partial charge in [0.15, 0.2) is 0 Å². The number of nitrogens with one attached hydrogen (secondary N) is 1. The molecule has 0 fully saturated rings. The Labute approximate surface area is 172 Å². The van der Waals surface area contributed by atoms with Gasteiger partial charge in [-0.3, -0.25) is 9.59 Å². The van der Waals surface area contributed by atoms with Gasteiger partial charge in [0.25, 0.3) is 11.5 Å². The van der Waals surface area contributed by atoms with E-state index in [1.165, 1.54) is 0 Å². The lowest BCUT2D eigenvalue weighted by Crippen LogP contribution is -2.30. The maximum atomic E-state index is 13.1. The number of anilines is 1. The van der Waals surface area contributed by atoms with Gasteiger partial charge in [-0.15, -0.1) is 0 Å². The minimum atomic E-state index is -0.735. The zero-order valence-electron chi connectivity index (χ0n) is 15.3. The van der Waals surface area contributed by atoms with Gasteiger partial charge in [-0.25, -0.2) is 0 Å². The number of carbonyl (C=O) groups excluding carboxylic acids is 1. The van der Waals surface area contributed by atoms with Gasteiger partial charge < -0.3 is 15.0 Å². The fraction of sp³-hybridized carbons (Fsp3) is 0.238. The first kappa shape index (κ1) is 20.2. The molecule has 1 amide bonds. The first-order valence-corrected chi connectivity index (χ1v) is 9.81. The summed E-state index contributed by atoms with van der Waals surface area (Å²) >= 11 is 12.1. The number of benzene rings is 2. The van der Waals surface area contributed by atoms with E-state index in [1.54, 1.807) is 47.0 Å². The number of hydrogen-bond donors (Lipinski definition) is 2. The monoisotopic (exact) mass is 418 g/mol. The average Bonchev–Trinajstić information content (AvgIpc) is 2.68. The van der Waals surface area contributed by atoms with E-state index in [4.69, 9.17) is 23.2 Å². The summed E-state index contributed by atoms with van der Waals surface area (Å²) in [6.45, 7) is 2.54. The van der Waals surface area contributed by atoms with Gasteiger partial charge in [-0.1, -0.05) is 61.2 Å². The third kappa shape index (κ3) is 3.86. The SMILES string of the molecule is CCCCCn1c(=O)c(C(=O)Nc2cccc(Cl)c2Cl)c(O)c2ccccc21. The van der Waals surface area contributed by atoms with E-state index >= 15 is 0 Å². The molecule has 1 aromatic heterocycles. The zero-order chi connectivity index (χ0) is 20.3. The van der Waals surface area contributed by atoms with Crippen LogP contribution in [-0.2, 0) is 6.54 Å². The third-order valence-electron chi connectivity index (χ3n) is 4.56. The molecule has 2 N–H and O–H groups in total. The van der Waals surface area contributed by atoms with Crippen LogP contribution >= 0.6 is 23.2 Å². The van der Waals surface area contributed by atoms with E-state index in [1.807, 2.05) is 0 Å². The molecular formula is C21H20Cl2N2O3. The fourth-order valence-corrected chi connectivity index (χ4v) is 3.47. The van der Waals surface area contributed by atoms with E-state index < -0.39 is 11.5 Å². The maximum absolute atomic E-state index is 13.1. The Hall–Kier alpha value is -2.50. The molecule has 0 bridgehead atoms. The number of unbranched alkanes of at least 4 members (excludes halogenated alkanes) is 2. The number of fused-ring (bicyclic) bond motifs is 1. The average molecular weight is 419 g/mol. The standard InChI is InChI=1S/C21H20Cl2N2O3/c1-2-3-6-12-25-16-11-5-4-8-13(16)19(26)17(21(25)28)20(27)24-15-10-7-9-14(22)18(15)23/h4-5,7-11,26H,2-3,6,12H2,1H3,(H,24,27). The van der Waals surface area contributed by atoms with Crippen LogP contribution in [0.4, 0.5) is 5.69 Å². The van der Waals surface area contributed by atoms with Crippen LogP contribution in [0.5, 0.6) is 5.75 Å². The Balaban J connectivity index is 2.10. The Bertz CT molecular complexity index is 1090. The summed E-state index contributed by atoms with van der Waals surface area (Å²) in [5, 5.41) is 14.1. The quantitative estimate of drug-likeness (QED) is 0.522. The molecule has 0 aliphatic rings. The fourth-order valence-electron chi connectivity index (χ4n) is 3.12. The van der Waals surface area contributed by atoms with Crippen LogP contribution in [-0.4, -0.2) is 15.6 Å². The first-order valence-electron chi connectivity index (χ1n) is 9.05. The molecule has 28 heavy (non-hydrogen) atoms. The van der Waals surface area contributed by atoms with Crippen molar-refractivity contribution in [3.8, 4) is 5.75 Å². The highest BCUT2D eigenvalue weighted by Gasteiger charge is 2.23. The van der Waals surface area contributed by atoms with Crippen molar-refractivity contribution >= 4 is 45.7 Å². The second-order valence-electron chi connectivity index (χ2n) is 6.46. The topological polar surface area (TPSA) is 71.3 Å². The van der Waals surface area contributed by atoms with Gasteiger partial charge in [0.1, 0.15) is 11.3 Å². The largest absolute Gasteiger partial charge is 0.506 e. The molecule has 0 spiro atoms. The predicted molar refractivity (Wildman–Crippen MR) is 114 cm³/mol. The molecular weight excluding hydrogens is 399 g/mol. The van der Waals surface area contributed by atoms with Crippen LogP contribution in [0.2, 0.25) is 10.0 Å². The number of amides is 1. The van der Waals surface area contributed by atoms with Crippen molar-refractivity contribution in [3.63, 3.8) is 0 Å². The third-order valence-corrected chi connectivity index (χ3v) is 5.38. The van der Waals surface area contributed by atoms with Gasteiger partial charge >= 0.3 is 0 Å². The van der Waals surface area contributed by atoms with E-state index in [2.05, 4.69) is 12.2 Å². The van der Waals surface area contributed by atoms with Crippen molar-refractivity contribution in [2.75, 3.05) is 5.32 Å². The zero-order valence-corrected chi connectivity index (χ0v) is 16.8. The number of pyridine rings is 1. The number of aryl methyl sites for hydroxylation is 1. The summed E-state index contributed by atoms with van der Waals surface area (Å²) in [4.78, 5) is 25.9. The molecule has 5 nitrogen and oxygen atoms in total. The summed E-state index contributed by atoms with van der Waals surface area (Å²) in [5.74, 6) is -1.08. The van der Waals surface area contributed by atoms with Gasteiger partial charge in [-0.05, 0) is 30.7 Å². The molecule has 3 rings (SSSR count). The molecule has 146 valence electrons. The summed E-state index contributed by atoms with van der Waals surface area (Å²) in [6, 6.07) is 11.8. The van der Waals surface area contributed by atoms with Crippen LogP contribution in [0.1, 0.15) is 36.5 Å². The lowest BCUT2D eigenvalue weighted by atomic mass is 10.1. The smallest absolute Gasteiger partial charge is 0.267 e. The van der Waals surface area contributed by atoms with E-state index in [0.29, 0.717) is 17.4 Å². The Morgan fingerprint density at radius 1 is 1.11 bits per heavy atom. The number of nitrogens with zero attached hydrogens (tertiary/aromatic N) is 1. The van der Waals surface area contributed by atoms with Crippen LogP contribution in [0.15, 0.2) is 47.3 Å². The molecule has 7 heteroatoms. The number of aromatic nitrogens is 1. The van der Waals surface area contributed by atoms with Crippen molar-refractivity contribution in [2.45, 2.75) is 32.7 Å². The predicted octanol–water partition coefficient (Wildman–Crippen LogP) is 5.46. The first-order chi connectivity index (χ1) is 13.5. The highest BCUT2D eigenvalue weighted by molar-refractivity contribution is 6.44. The molecule has 0 unspecified atom stereocenters. The van der Waals surface area contributed by atoms with Gasteiger partial charge in [-0.2, -0.15) is 0 Å². The van der Waals surface area contributed by atoms with Crippen LogP contribution in [0.3, 0.4) is 0 Å². The number of hydrogen-bond acceptors (Lipinski definition) is 3. The summed E-state index contributed by atoms with van der Waals surface area (Å²) in [7, 11) is 0. The van der Waals surface area contributed by atoms with Gasteiger partial charge in [0.05, 0.1) is 21.2 Å². The maximum Gasteiger partial charge on any atom is 0.267 e. The molecule has 0 atom stereocenters. The van der Waals surface area contributed by atoms with Crippen molar-refractivity contribution in [2.24, 2.45) is 0 Å². The molecule has 1 heterocycles. The summed E-state index contributed by atoms with van der Waals surface area (Å²) in [6.07, 6.45) is 2.76. The lowest BCUT2D eigenvalue weighted by Gasteiger charge is -2.15. The Kier molecular flexibility index (Phi) is 6.27. The van der Waals surface area contributed by atoms with Gasteiger partial charge in [0.2, 0.25) is 0 Å². The highest BCUT2D eigenvalue weighted by Crippen LogP contribution is 2.31. The van der Waals surface area contributed by atoms with Crippen LogP contribution < -0.4 is 10.9 Å². The molecule has 0 saturated carbocycles. The number of carbonyl (C=O) groups is 1. The van der Waals surface area contributed by atoms with E-state index in [0.717, 1.165) is 19.3 Å². The lowest BCUT2D eigenvalue weighted by molar-refractivity contribution is 0.102. The second-order valence-corrected chi connectivity index (χ2v) is 7.25. The van der Waals surface area contributed by atoms with Crippen LogP contribution in [0, 0.1) is 0 Å². The molecule has 0 saturated heterocycles. The molecule has 3 aromatic rings. The number of rotatable bonds is 6. The molecule has 0 radical (unpaired) electrons. The second kappa shape index (κ2) is 8.67. The Morgan fingerprint density at radius 3 is 2.61 bits per heavy atom. The number of para-hydroxylation sites is 1. The van der Waals surface area contributed by atoms with E-state index in [9.17, 15) is 14.7 Å². The van der Waals surface area contributed by atoms with E-state index in [-0.39, 0.29) is 27.0 Å². The van der Waals surface area contributed by atoms with Gasteiger partial charge in [0, 0.05) is 11.9 Å². The van der Waals surface area contributed by atoms with Crippen LogP contribution in [0.25, 0.3) is 10.9 Å². The number of halogens is 2. The minimum absolute atomic E-state index is 0.168. The van der Waals surface area contributed by atoms with Crippen molar-refractivity contribution < 1.29 is 9.90 Å². The Morgan fingerprint density at radius 2 is 1.86 bits per heavy atom. The van der Waals surface area contributed by atoms with Crippen molar-refractivity contribution in [1.82, 2.24) is 4.57 Å². The number of aromatic hydroxyl groups is 1. The molecule has 2 aromatic carbocycles. The normalized spacial score (nSPS) is 11.0. The summed E-state index contributed by atoms with van der Waals surface area (Å²) < 4.78 is 1.54. The summed E-state index contributed by atoms with van der Waals surface area (Å²) in [5.41, 5.74) is 0.0105. The molecule has 0 aliphatic heterocycles. The van der Waals surface area contributed by atoms with Crippen molar-refractivity contribution in [1.29, 1.82) is 0 Å². The highest BCUT2D eigenvalue weighted by atomic mass is 35.5. The van der Waals surface area contributed by atoms with Crippen molar-refractivity contribution in [3.05, 3.63) is 68.4 Å². The minimum Gasteiger partial charge on any atom is -0.506 e.